The van der Waals surface area contributed by atoms with Crippen molar-refractivity contribution in [2.75, 3.05) is 0 Å². The molecule has 7 rings (SSSR count). The van der Waals surface area contributed by atoms with E-state index >= 15 is 0 Å². The molecule has 1 saturated carbocycles. The molecule has 0 saturated heterocycles. The van der Waals surface area contributed by atoms with Gasteiger partial charge in [-0.1, -0.05) is 102 Å². The quantitative estimate of drug-likeness (QED) is 0.224. The molecule has 1 aliphatic rings. The zero-order valence-corrected chi connectivity index (χ0v) is 24.1. The zero-order chi connectivity index (χ0) is 27.4. The number of nitrogens with zero attached hydrogens (tertiary/aromatic N) is 2. The number of fused-ring (bicyclic) bond motifs is 4. The topological polar surface area (TPSA) is 31.0 Å². The molecule has 1 fully saturated rings. The molecule has 202 valence electrons. The minimum atomic E-state index is 0.378. The Morgan fingerprint density at radius 2 is 1.48 bits per heavy atom. The van der Waals surface area contributed by atoms with Crippen LogP contribution in [-0.2, 0) is 0 Å². The maximum absolute atomic E-state index is 6.76. The molecular weight excluding hydrogens is 488 g/mol. The zero-order valence-electron chi connectivity index (χ0n) is 24.1. The summed E-state index contributed by atoms with van der Waals surface area (Å²) in [5, 5.41) is 2.34. The fraction of sp³-hybridized carbons (Fsp3) is 0.324. The molecule has 0 aliphatic heterocycles. The SMILES string of the molecule is CC(C)c1cccc(C(C)C)c1-n1c(-c2cccc3c2oc2cc(C4CCCCC4)ccc23)nc2ccccc21. The maximum Gasteiger partial charge on any atom is 0.149 e. The highest BCUT2D eigenvalue weighted by molar-refractivity contribution is 6.09. The number of furan rings is 1. The largest absolute Gasteiger partial charge is 0.455 e. The smallest absolute Gasteiger partial charge is 0.149 e. The first-order valence-corrected chi connectivity index (χ1v) is 15.1. The Hall–Kier alpha value is -3.85. The Kier molecular flexibility index (Phi) is 6.26. The second kappa shape index (κ2) is 9.96. The van der Waals surface area contributed by atoms with Crippen LogP contribution in [0.4, 0.5) is 0 Å². The molecule has 3 heteroatoms. The lowest BCUT2D eigenvalue weighted by molar-refractivity contribution is 0.443. The standard InChI is InChI=1S/C37H38N2O/c1-23(2)27-14-10-15-28(24(3)4)35(27)39-33-19-9-8-18-32(33)38-37(39)31-17-11-16-30-29-21-20-26(22-34(29)40-36(30)31)25-12-6-5-7-13-25/h8-11,14-25H,5-7,12-13H2,1-4H3. The monoisotopic (exact) mass is 526 g/mol. The van der Waals surface area contributed by atoms with Crippen LogP contribution in [0, 0.1) is 0 Å². The number of hydrogen-bond acceptors (Lipinski definition) is 2. The van der Waals surface area contributed by atoms with Gasteiger partial charge >= 0.3 is 0 Å². The predicted octanol–water partition coefficient (Wildman–Crippen LogP) is 10.9. The molecule has 3 nitrogen and oxygen atoms in total. The number of rotatable bonds is 5. The Morgan fingerprint density at radius 1 is 0.750 bits per heavy atom. The predicted molar refractivity (Wildman–Crippen MR) is 168 cm³/mol. The lowest BCUT2D eigenvalue weighted by Crippen LogP contribution is -2.08. The molecule has 2 heterocycles. The van der Waals surface area contributed by atoms with E-state index in [9.17, 15) is 0 Å². The third-order valence-electron chi connectivity index (χ3n) is 8.97. The van der Waals surface area contributed by atoms with Crippen LogP contribution in [0.2, 0.25) is 0 Å². The van der Waals surface area contributed by atoms with Crippen molar-refractivity contribution < 1.29 is 4.42 Å². The first-order valence-electron chi connectivity index (χ1n) is 15.1. The van der Waals surface area contributed by atoms with Crippen LogP contribution >= 0.6 is 0 Å². The molecule has 2 aromatic heterocycles. The first-order chi connectivity index (χ1) is 19.5. The summed E-state index contributed by atoms with van der Waals surface area (Å²) in [6, 6.07) is 28.7. The van der Waals surface area contributed by atoms with E-state index in [2.05, 4.69) is 111 Å². The lowest BCUT2D eigenvalue weighted by atomic mass is 9.84. The second-order valence-electron chi connectivity index (χ2n) is 12.2. The molecule has 0 amide bonds. The lowest BCUT2D eigenvalue weighted by Gasteiger charge is -2.22. The normalized spacial score (nSPS) is 14.8. The molecule has 40 heavy (non-hydrogen) atoms. The number of aromatic nitrogens is 2. The van der Waals surface area contributed by atoms with E-state index < -0.39 is 0 Å². The van der Waals surface area contributed by atoms with Gasteiger partial charge in [0, 0.05) is 10.8 Å². The number of hydrogen-bond donors (Lipinski definition) is 0. The van der Waals surface area contributed by atoms with Crippen molar-refractivity contribution in [3.8, 4) is 17.1 Å². The number of benzene rings is 4. The molecule has 0 radical (unpaired) electrons. The van der Waals surface area contributed by atoms with Crippen molar-refractivity contribution >= 4 is 33.0 Å². The molecule has 6 aromatic rings. The van der Waals surface area contributed by atoms with Crippen LogP contribution in [0.15, 0.2) is 83.3 Å². The summed E-state index contributed by atoms with van der Waals surface area (Å²) in [4.78, 5) is 5.27. The van der Waals surface area contributed by atoms with Crippen molar-refractivity contribution in [3.05, 3.63) is 95.6 Å². The Labute approximate surface area is 236 Å². The summed E-state index contributed by atoms with van der Waals surface area (Å²) in [7, 11) is 0. The molecule has 0 atom stereocenters. The molecule has 0 bridgehead atoms. The molecule has 4 aromatic carbocycles. The summed E-state index contributed by atoms with van der Waals surface area (Å²) in [6.07, 6.45) is 6.61. The van der Waals surface area contributed by atoms with Gasteiger partial charge in [-0.05, 0) is 71.6 Å². The summed E-state index contributed by atoms with van der Waals surface area (Å²) in [5.41, 5.74) is 10.4. The Bertz CT molecular complexity index is 1820. The minimum absolute atomic E-state index is 0.378. The molecule has 1 aliphatic carbocycles. The summed E-state index contributed by atoms with van der Waals surface area (Å²) in [6.45, 7) is 9.13. The van der Waals surface area contributed by atoms with E-state index in [1.807, 2.05) is 0 Å². The van der Waals surface area contributed by atoms with Crippen molar-refractivity contribution in [2.45, 2.75) is 77.6 Å². The Morgan fingerprint density at radius 3 is 2.23 bits per heavy atom. The van der Waals surface area contributed by atoms with Gasteiger partial charge < -0.3 is 4.42 Å². The summed E-state index contributed by atoms with van der Waals surface area (Å²) in [5.74, 6) is 2.34. The van der Waals surface area contributed by atoms with E-state index in [1.165, 1.54) is 59.9 Å². The highest BCUT2D eigenvalue weighted by Crippen LogP contribution is 2.42. The van der Waals surface area contributed by atoms with E-state index in [4.69, 9.17) is 9.40 Å². The van der Waals surface area contributed by atoms with Gasteiger partial charge in [-0.3, -0.25) is 4.57 Å². The maximum atomic E-state index is 6.76. The van der Waals surface area contributed by atoms with Crippen LogP contribution in [0.5, 0.6) is 0 Å². The van der Waals surface area contributed by atoms with E-state index in [0.717, 1.165) is 39.0 Å². The first kappa shape index (κ1) is 25.1. The third-order valence-corrected chi connectivity index (χ3v) is 8.97. The average molecular weight is 527 g/mol. The van der Waals surface area contributed by atoms with E-state index in [1.54, 1.807) is 0 Å². The van der Waals surface area contributed by atoms with Gasteiger partial charge in [0.15, 0.2) is 0 Å². The van der Waals surface area contributed by atoms with Gasteiger partial charge in [0.2, 0.25) is 0 Å². The molecule has 0 unspecified atom stereocenters. The molecular formula is C37H38N2O. The van der Waals surface area contributed by atoms with Crippen LogP contribution in [0.3, 0.4) is 0 Å². The summed E-state index contributed by atoms with van der Waals surface area (Å²) < 4.78 is 9.16. The molecule has 0 spiro atoms. The van der Waals surface area contributed by atoms with Crippen molar-refractivity contribution in [3.63, 3.8) is 0 Å². The minimum Gasteiger partial charge on any atom is -0.455 e. The highest BCUT2D eigenvalue weighted by Gasteiger charge is 2.24. The number of para-hydroxylation sites is 4. The van der Waals surface area contributed by atoms with Crippen LogP contribution < -0.4 is 0 Å². The van der Waals surface area contributed by atoms with Crippen molar-refractivity contribution in [2.24, 2.45) is 0 Å². The Balaban J connectivity index is 1.50. The van der Waals surface area contributed by atoms with Crippen molar-refractivity contribution in [1.82, 2.24) is 9.55 Å². The van der Waals surface area contributed by atoms with Gasteiger partial charge in [-0.2, -0.15) is 0 Å². The number of imidazole rings is 1. The van der Waals surface area contributed by atoms with Gasteiger partial charge in [-0.15, -0.1) is 0 Å². The van der Waals surface area contributed by atoms with Gasteiger partial charge in [-0.25, -0.2) is 4.98 Å². The van der Waals surface area contributed by atoms with Crippen molar-refractivity contribution in [1.29, 1.82) is 0 Å². The van der Waals surface area contributed by atoms with Crippen LogP contribution in [-0.4, -0.2) is 9.55 Å². The highest BCUT2D eigenvalue weighted by atomic mass is 16.3. The third kappa shape index (κ3) is 4.06. The van der Waals surface area contributed by atoms with E-state index in [-0.39, 0.29) is 0 Å². The average Bonchev–Trinajstić information content (AvgIpc) is 3.55. The van der Waals surface area contributed by atoms with Gasteiger partial charge in [0.05, 0.1) is 22.3 Å². The summed E-state index contributed by atoms with van der Waals surface area (Å²) >= 11 is 0. The fourth-order valence-electron chi connectivity index (χ4n) is 6.88. The van der Waals surface area contributed by atoms with Crippen LogP contribution in [0.25, 0.3) is 50.0 Å². The fourth-order valence-corrected chi connectivity index (χ4v) is 6.88. The second-order valence-corrected chi connectivity index (χ2v) is 12.2. The molecule has 0 N–H and O–H groups in total. The van der Waals surface area contributed by atoms with Crippen LogP contribution in [0.1, 0.15) is 94.2 Å². The van der Waals surface area contributed by atoms with Gasteiger partial charge in [0.25, 0.3) is 0 Å². The van der Waals surface area contributed by atoms with Gasteiger partial charge in [0.1, 0.15) is 17.0 Å². The van der Waals surface area contributed by atoms with E-state index in [0.29, 0.717) is 17.8 Å².